The molecule has 0 aliphatic heterocycles. The molecule has 0 aliphatic carbocycles. The first-order valence-corrected chi connectivity index (χ1v) is 7.91. The second kappa shape index (κ2) is 6.75. The number of sulfonamides is 1. The Bertz CT molecular complexity index is 448. The topological polar surface area (TPSA) is 72.2 Å². The molecule has 1 rings (SSSR count). The average Bonchev–Trinajstić information content (AvgIpc) is 2.29. The Balaban J connectivity index is 2.73. The van der Waals surface area contributed by atoms with Crippen LogP contribution in [-0.4, -0.2) is 14.5 Å². The van der Waals surface area contributed by atoms with Crippen LogP contribution in [-0.2, 0) is 10.0 Å². The van der Waals surface area contributed by atoms with Crippen LogP contribution in [0.4, 0.5) is 5.69 Å². The summed E-state index contributed by atoms with van der Waals surface area (Å²) < 4.78 is 22.3. The highest BCUT2D eigenvalue weighted by Crippen LogP contribution is 2.16. The smallest absolute Gasteiger partial charge is 0.238 e. The SMILES string of the molecule is CCCC(CCC)Nc1ccc(S(N)(=O)=O)cc1. The van der Waals surface area contributed by atoms with Crippen molar-refractivity contribution in [1.82, 2.24) is 0 Å². The lowest BCUT2D eigenvalue weighted by Gasteiger charge is -2.18. The Hall–Kier alpha value is -1.07. The van der Waals surface area contributed by atoms with Gasteiger partial charge in [-0.3, -0.25) is 0 Å². The lowest BCUT2D eigenvalue weighted by atomic mass is 10.1. The van der Waals surface area contributed by atoms with Gasteiger partial charge >= 0.3 is 0 Å². The molecule has 0 aliphatic rings. The van der Waals surface area contributed by atoms with Gasteiger partial charge in [0.25, 0.3) is 0 Å². The first-order valence-electron chi connectivity index (χ1n) is 6.36. The molecule has 0 fully saturated rings. The van der Waals surface area contributed by atoms with Gasteiger partial charge in [0, 0.05) is 11.7 Å². The van der Waals surface area contributed by atoms with Crippen LogP contribution in [0.3, 0.4) is 0 Å². The molecule has 5 heteroatoms. The maximum Gasteiger partial charge on any atom is 0.238 e. The number of rotatable bonds is 7. The number of benzene rings is 1. The van der Waals surface area contributed by atoms with Gasteiger partial charge in [-0.1, -0.05) is 26.7 Å². The van der Waals surface area contributed by atoms with Gasteiger partial charge in [0.15, 0.2) is 0 Å². The van der Waals surface area contributed by atoms with E-state index >= 15 is 0 Å². The van der Waals surface area contributed by atoms with Crippen LogP contribution in [0, 0.1) is 0 Å². The Kier molecular flexibility index (Phi) is 5.62. The fourth-order valence-corrected chi connectivity index (χ4v) is 2.48. The Morgan fingerprint density at radius 2 is 1.61 bits per heavy atom. The first kappa shape index (κ1) is 15.0. The third kappa shape index (κ3) is 4.66. The summed E-state index contributed by atoms with van der Waals surface area (Å²) >= 11 is 0. The van der Waals surface area contributed by atoms with Crippen LogP contribution in [0.2, 0.25) is 0 Å². The quantitative estimate of drug-likeness (QED) is 0.800. The van der Waals surface area contributed by atoms with E-state index in [2.05, 4.69) is 19.2 Å². The average molecular weight is 270 g/mol. The van der Waals surface area contributed by atoms with Crippen LogP contribution in [0.15, 0.2) is 29.2 Å². The molecular formula is C13H22N2O2S. The van der Waals surface area contributed by atoms with Gasteiger partial charge < -0.3 is 5.32 Å². The summed E-state index contributed by atoms with van der Waals surface area (Å²) in [6.07, 6.45) is 4.50. The molecule has 0 atom stereocenters. The Morgan fingerprint density at radius 1 is 1.11 bits per heavy atom. The fourth-order valence-electron chi connectivity index (χ4n) is 1.96. The minimum absolute atomic E-state index is 0.149. The van der Waals surface area contributed by atoms with Crippen molar-refractivity contribution in [1.29, 1.82) is 0 Å². The van der Waals surface area contributed by atoms with Gasteiger partial charge in [-0.05, 0) is 37.1 Å². The highest BCUT2D eigenvalue weighted by atomic mass is 32.2. The van der Waals surface area contributed by atoms with Crippen LogP contribution < -0.4 is 10.5 Å². The molecule has 0 bridgehead atoms. The van der Waals surface area contributed by atoms with Crippen LogP contribution in [0.5, 0.6) is 0 Å². The van der Waals surface area contributed by atoms with E-state index in [1.165, 1.54) is 12.1 Å². The summed E-state index contributed by atoms with van der Waals surface area (Å²) in [5, 5.41) is 8.48. The molecule has 18 heavy (non-hydrogen) atoms. The zero-order valence-electron chi connectivity index (χ0n) is 11.0. The predicted molar refractivity (Wildman–Crippen MR) is 75.0 cm³/mol. The van der Waals surface area contributed by atoms with Crippen LogP contribution in [0.1, 0.15) is 39.5 Å². The number of hydrogen-bond acceptors (Lipinski definition) is 3. The third-order valence-electron chi connectivity index (χ3n) is 2.83. The molecule has 0 aromatic heterocycles. The zero-order valence-corrected chi connectivity index (χ0v) is 11.8. The van der Waals surface area contributed by atoms with Crippen LogP contribution in [0.25, 0.3) is 0 Å². The van der Waals surface area contributed by atoms with Crippen molar-refractivity contribution in [2.24, 2.45) is 5.14 Å². The van der Waals surface area contributed by atoms with Gasteiger partial charge in [0.1, 0.15) is 0 Å². The Labute approximate surface area is 110 Å². The molecule has 0 heterocycles. The predicted octanol–water partition coefficient (Wildman–Crippen LogP) is 2.71. The van der Waals surface area contributed by atoms with Gasteiger partial charge in [-0.25, -0.2) is 13.6 Å². The van der Waals surface area contributed by atoms with E-state index in [-0.39, 0.29) is 4.90 Å². The second-order valence-corrected chi connectivity index (χ2v) is 6.05. The van der Waals surface area contributed by atoms with Crippen molar-refractivity contribution in [3.8, 4) is 0 Å². The number of anilines is 1. The number of hydrogen-bond donors (Lipinski definition) is 2. The molecule has 1 aromatic carbocycles. The van der Waals surface area contributed by atoms with Crippen molar-refractivity contribution in [2.45, 2.75) is 50.5 Å². The summed E-state index contributed by atoms with van der Waals surface area (Å²) in [7, 11) is -3.60. The summed E-state index contributed by atoms with van der Waals surface area (Å²) in [5.74, 6) is 0. The second-order valence-electron chi connectivity index (χ2n) is 4.49. The highest BCUT2D eigenvalue weighted by Gasteiger charge is 2.09. The van der Waals surface area contributed by atoms with E-state index < -0.39 is 10.0 Å². The van der Waals surface area contributed by atoms with E-state index in [1.807, 2.05) is 0 Å². The van der Waals surface area contributed by atoms with Gasteiger partial charge in [0.05, 0.1) is 4.90 Å². The van der Waals surface area contributed by atoms with E-state index in [1.54, 1.807) is 12.1 Å². The van der Waals surface area contributed by atoms with Crippen molar-refractivity contribution in [3.63, 3.8) is 0 Å². The van der Waals surface area contributed by atoms with Crippen molar-refractivity contribution >= 4 is 15.7 Å². The van der Waals surface area contributed by atoms with Gasteiger partial charge in [-0.2, -0.15) is 0 Å². The zero-order chi connectivity index (χ0) is 13.6. The summed E-state index contributed by atoms with van der Waals surface area (Å²) in [4.78, 5) is 0.149. The molecular weight excluding hydrogens is 248 g/mol. The monoisotopic (exact) mass is 270 g/mol. The molecule has 0 unspecified atom stereocenters. The molecule has 3 N–H and O–H groups in total. The third-order valence-corrected chi connectivity index (χ3v) is 3.76. The van der Waals surface area contributed by atoms with Gasteiger partial charge in [0.2, 0.25) is 10.0 Å². The fraction of sp³-hybridized carbons (Fsp3) is 0.538. The first-order chi connectivity index (χ1) is 8.47. The maximum atomic E-state index is 11.1. The van der Waals surface area contributed by atoms with E-state index in [4.69, 9.17) is 5.14 Å². The lowest BCUT2D eigenvalue weighted by Crippen LogP contribution is -2.19. The number of nitrogens with one attached hydrogen (secondary N) is 1. The van der Waals surface area contributed by atoms with E-state index in [0.29, 0.717) is 6.04 Å². The normalized spacial score (nSPS) is 11.8. The number of primary sulfonamides is 1. The molecule has 0 radical (unpaired) electrons. The summed E-state index contributed by atoms with van der Waals surface area (Å²) in [6, 6.07) is 7.04. The Morgan fingerprint density at radius 3 is 2.00 bits per heavy atom. The summed E-state index contributed by atoms with van der Waals surface area (Å²) in [6.45, 7) is 4.32. The van der Waals surface area contributed by atoms with Crippen molar-refractivity contribution in [2.75, 3.05) is 5.32 Å². The minimum atomic E-state index is -3.60. The maximum absolute atomic E-state index is 11.1. The van der Waals surface area contributed by atoms with Crippen molar-refractivity contribution < 1.29 is 8.42 Å². The standard InChI is InChI=1S/C13H22N2O2S/c1-3-5-11(6-4-2)15-12-7-9-13(10-8-12)18(14,16)17/h7-11,15H,3-6H2,1-2H3,(H2,14,16,17). The highest BCUT2D eigenvalue weighted by molar-refractivity contribution is 7.89. The molecule has 0 saturated heterocycles. The van der Waals surface area contributed by atoms with E-state index in [9.17, 15) is 8.42 Å². The molecule has 1 aromatic rings. The van der Waals surface area contributed by atoms with Crippen LogP contribution >= 0.6 is 0 Å². The summed E-state index contributed by atoms with van der Waals surface area (Å²) in [5.41, 5.74) is 0.939. The largest absolute Gasteiger partial charge is 0.382 e. The number of nitrogens with two attached hydrogens (primary N) is 1. The molecule has 0 saturated carbocycles. The van der Waals surface area contributed by atoms with Crippen molar-refractivity contribution in [3.05, 3.63) is 24.3 Å². The van der Waals surface area contributed by atoms with E-state index in [0.717, 1.165) is 31.4 Å². The minimum Gasteiger partial charge on any atom is -0.382 e. The van der Waals surface area contributed by atoms with Gasteiger partial charge in [-0.15, -0.1) is 0 Å². The molecule has 4 nitrogen and oxygen atoms in total. The molecule has 0 amide bonds. The molecule has 102 valence electrons. The molecule has 0 spiro atoms. The lowest BCUT2D eigenvalue weighted by molar-refractivity contribution is 0.586.